The molecule has 7 heteroatoms. The summed E-state index contributed by atoms with van der Waals surface area (Å²) in [7, 11) is 1.60. The smallest absolute Gasteiger partial charge is 0.240 e. The van der Waals surface area contributed by atoms with E-state index in [0.717, 1.165) is 11.3 Å². The topological polar surface area (TPSA) is 79.8 Å². The number of halogens is 1. The summed E-state index contributed by atoms with van der Waals surface area (Å²) in [5, 5.41) is 7.17. The van der Waals surface area contributed by atoms with Crippen LogP contribution in [0.25, 0.3) is 0 Å². The normalized spacial score (nSPS) is 11.0. The highest BCUT2D eigenvalue weighted by Crippen LogP contribution is 2.20. The first-order valence-electron chi connectivity index (χ1n) is 8.01. The van der Waals surface area contributed by atoms with Gasteiger partial charge < -0.3 is 10.1 Å². The third kappa shape index (κ3) is 5.89. The Kier molecular flexibility index (Phi) is 7.17. The van der Waals surface area contributed by atoms with Crippen LogP contribution in [0.5, 0.6) is 5.75 Å². The molecule has 2 rings (SSSR count). The molecular formula is C19H20ClN3O3. The number of amides is 2. The Morgan fingerprint density at radius 1 is 1.04 bits per heavy atom. The highest BCUT2D eigenvalue weighted by molar-refractivity contribution is 6.33. The van der Waals surface area contributed by atoms with Crippen molar-refractivity contribution in [1.29, 1.82) is 0 Å². The number of carbonyl (C=O) groups is 2. The van der Waals surface area contributed by atoms with Gasteiger partial charge in [-0.3, -0.25) is 9.59 Å². The zero-order valence-corrected chi connectivity index (χ0v) is 15.3. The molecule has 2 aromatic rings. The molecule has 0 fully saturated rings. The van der Waals surface area contributed by atoms with E-state index in [9.17, 15) is 9.59 Å². The van der Waals surface area contributed by atoms with Gasteiger partial charge in [0.25, 0.3) is 0 Å². The number of methoxy groups -OCH3 is 1. The number of para-hydroxylation sites is 1. The second kappa shape index (κ2) is 9.58. The van der Waals surface area contributed by atoms with E-state index in [4.69, 9.17) is 16.3 Å². The second-order valence-corrected chi connectivity index (χ2v) is 5.90. The first kappa shape index (κ1) is 19.5. The molecule has 0 aliphatic carbocycles. The molecule has 26 heavy (non-hydrogen) atoms. The van der Waals surface area contributed by atoms with Crippen molar-refractivity contribution in [2.24, 2.45) is 5.10 Å². The second-order valence-electron chi connectivity index (χ2n) is 5.49. The summed E-state index contributed by atoms with van der Waals surface area (Å²) in [5.74, 6) is 0.117. The predicted molar refractivity (Wildman–Crippen MR) is 103 cm³/mol. The van der Waals surface area contributed by atoms with Gasteiger partial charge in [-0.15, -0.1) is 0 Å². The number of benzene rings is 2. The zero-order valence-electron chi connectivity index (χ0n) is 14.6. The van der Waals surface area contributed by atoms with Gasteiger partial charge >= 0.3 is 0 Å². The van der Waals surface area contributed by atoms with Crippen molar-refractivity contribution in [3.8, 4) is 5.75 Å². The minimum atomic E-state index is -0.341. The fourth-order valence-corrected chi connectivity index (χ4v) is 2.28. The first-order chi connectivity index (χ1) is 12.5. The van der Waals surface area contributed by atoms with Crippen molar-refractivity contribution in [3.05, 3.63) is 59.1 Å². The number of hydrogen-bond acceptors (Lipinski definition) is 4. The van der Waals surface area contributed by atoms with Crippen molar-refractivity contribution in [2.75, 3.05) is 12.4 Å². The van der Waals surface area contributed by atoms with Crippen LogP contribution >= 0.6 is 11.6 Å². The number of carbonyl (C=O) groups excluding carboxylic acids is 2. The first-order valence-corrected chi connectivity index (χ1v) is 8.39. The zero-order chi connectivity index (χ0) is 18.9. The van der Waals surface area contributed by atoms with Gasteiger partial charge in [-0.2, -0.15) is 5.10 Å². The summed E-state index contributed by atoms with van der Waals surface area (Å²) in [6.07, 6.45) is 0.0594. The van der Waals surface area contributed by atoms with Crippen LogP contribution in [-0.2, 0) is 9.59 Å². The molecule has 2 amide bonds. The molecule has 6 nitrogen and oxygen atoms in total. The van der Waals surface area contributed by atoms with Crippen molar-refractivity contribution in [3.63, 3.8) is 0 Å². The highest BCUT2D eigenvalue weighted by atomic mass is 35.5. The largest absolute Gasteiger partial charge is 0.497 e. The molecule has 0 unspecified atom stereocenters. The average Bonchev–Trinajstić information content (AvgIpc) is 2.66. The lowest BCUT2D eigenvalue weighted by Crippen LogP contribution is -2.21. The molecule has 0 aromatic heterocycles. The number of anilines is 1. The van der Waals surface area contributed by atoms with Gasteiger partial charge in [-0.25, -0.2) is 5.43 Å². The standard InChI is InChI=1S/C19H20ClN3O3/c1-13(14-7-9-15(26-2)10-8-14)22-23-19(25)12-11-18(24)21-17-6-4-3-5-16(17)20/h3-10H,11-12H2,1-2H3,(H,21,24)(H,23,25)/b22-13+. The van der Waals surface area contributed by atoms with E-state index in [1.807, 2.05) is 24.3 Å². The van der Waals surface area contributed by atoms with E-state index in [-0.39, 0.29) is 24.7 Å². The molecule has 0 radical (unpaired) electrons. The van der Waals surface area contributed by atoms with Crippen molar-refractivity contribution in [2.45, 2.75) is 19.8 Å². The van der Waals surface area contributed by atoms with E-state index in [0.29, 0.717) is 16.4 Å². The quantitative estimate of drug-likeness (QED) is 0.574. The third-order valence-electron chi connectivity index (χ3n) is 3.58. The van der Waals surface area contributed by atoms with Gasteiger partial charge in [0.1, 0.15) is 5.75 Å². The van der Waals surface area contributed by atoms with Crippen LogP contribution in [0.4, 0.5) is 5.69 Å². The van der Waals surface area contributed by atoms with Crippen LogP contribution in [0.3, 0.4) is 0 Å². The lowest BCUT2D eigenvalue weighted by atomic mass is 10.1. The molecule has 0 bridgehead atoms. The van der Waals surface area contributed by atoms with Gasteiger partial charge in [0.2, 0.25) is 11.8 Å². The monoisotopic (exact) mass is 373 g/mol. The number of rotatable bonds is 7. The maximum atomic E-state index is 11.9. The Labute approximate surface area is 157 Å². The Morgan fingerprint density at radius 3 is 2.35 bits per heavy atom. The Morgan fingerprint density at radius 2 is 1.69 bits per heavy atom. The van der Waals surface area contributed by atoms with Gasteiger partial charge in [0, 0.05) is 12.8 Å². The van der Waals surface area contributed by atoms with Crippen LogP contribution in [0, 0.1) is 0 Å². The average molecular weight is 374 g/mol. The van der Waals surface area contributed by atoms with Gasteiger partial charge in [-0.1, -0.05) is 23.7 Å². The number of nitrogens with zero attached hydrogens (tertiary/aromatic N) is 1. The molecule has 2 N–H and O–H groups in total. The van der Waals surface area contributed by atoms with E-state index in [2.05, 4.69) is 15.8 Å². The maximum Gasteiger partial charge on any atom is 0.240 e. The molecule has 0 aliphatic rings. The van der Waals surface area contributed by atoms with E-state index in [1.54, 1.807) is 38.3 Å². The summed E-state index contributed by atoms with van der Waals surface area (Å²) in [5.41, 5.74) is 4.49. The molecule has 0 saturated heterocycles. The molecule has 0 atom stereocenters. The summed E-state index contributed by atoms with van der Waals surface area (Å²) >= 11 is 5.97. The molecule has 0 aliphatic heterocycles. The predicted octanol–water partition coefficient (Wildman–Crippen LogP) is 3.61. The fourth-order valence-electron chi connectivity index (χ4n) is 2.10. The molecule has 0 heterocycles. The lowest BCUT2D eigenvalue weighted by molar-refractivity contribution is -0.124. The fraction of sp³-hybridized carbons (Fsp3) is 0.211. The van der Waals surface area contributed by atoms with Crippen molar-refractivity contribution in [1.82, 2.24) is 5.43 Å². The minimum Gasteiger partial charge on any atom is -0.497 e. The van der Waals surface area contributed by atoms with Gasteiger partial charge in [0.05, 0.1) is 23.5 Å². The van der Waals surface area contributed by atoms with Gasteiger partial charge in [0.15, 0.2) is 0 Å². The number of hydrogen-bond donors (Lipinski definition) is 2. The molecule has 0 spiro atoms. The number of nitrogens with one attached hydrogen (secondary N) is 2. The third-order valence-corrected chi connectivity index (χ3v) is 3.91. The van der Waals surface area contributed by atoms with E-state index >= 15 is 0 Å². The molecule has 2 aromatic carbocycles. The SMILES string of the molecule is COc1ccc(/C(C)=N/NC(=O)CCC(=O)Nc2ccccc2Cl)cc1. The molecular weight excluding hydrogens is 354 g/mol. The number of hydrazone groups is 1. The summed E-state index contributed by atoms with van der Waals surface area (Å²) in [6.45, 7) is 1.78. The lowest BCUT2D eigenvalue weighted by Gasteiger charge is -2.07. The summed E-state index contributed by atoms with van der Waals surface area (Å²) in [4.78, 5) is 23.8. The summed E-state index contributed by atoms with van der Waals surface area (Å²) < 4.78 is 5.10. The number of ether oxygens (including phenoxy) is 1. The van der Waals surface area contributed by atoms with Crippen LogP contribution < -0.4 is 15.5 Å². The maximum absolute atomic E-state index is 11.9. The highest BCUT2D eigenvalue weighted by Gasteiger charge is 2.09. The van der Waals surface area contributed by atoms with E-state index < -0.39 is 0 Å². The van der Waals surface area contributed by atoms with Crippen LogP contribution in [0.15, 0.2) is 53.6 Å². The van der Waals surface area contributed by atoms with E-state index in [1.165, 1.54) is 0 Å². The minimum absolute atomic E-state index is 0.0235. The van der Waals surface area contributed by atoms with Crippen molar-refractivity contribution >= 4 is 34.8 Å². The Hall–Kier alpha value is -2.86. The molecule has 136 valence electrons. The van der Waals surface area contributed by atoms with Crippen LogP contribution in [0.1, 0.15) is 25.3 Å². The van der Waals surface area contributed by atoms with Crippen LogP contribution in [-0.4, -0.2) is 24.6 Å². The summed E-state index contributed by atoms with van der Waals surface area (Å²) in [6, 6.07) is 14.2. The Bertz CT molecular complexity index is 804. The van der Waals surface area contributed by atoms with Gasteiger partial charge in [-0.05, 0) is 48.9 Å². The Balaban J connectivity index is 1.80. The molecule has 0 saturated carbocycles. The van der Waals surface area contributed by atoms with Crippen LogP contribution in [0.2, 0.25) is 5.02 Å². The van der Waals surface area contributed by atoms with Crippen molar-refractivity contribution < 1.29 is 14.3 Å².